The highest BCUT2D eigenvalue weighted by Gasteiger charge is 2.45. The van der Waals surface area contributed by atoms with E-state index in [-0.39, 0.29) is 36.5 Å². The normalized spacial score (nSPS) is 15.9. The second kappa shape index (κ2) is 23.0. The first-order chi connectivity index (χ1) is 23.4. The summed E-state index contributed by atoms with van der Waals surface area (Å²) in [5.41, 5.74) is 0.904. The van der Waals surface area contributed by atoms with E-state index in [0.29, 0.717) is 97.9 Å². The van der Waals surface area contributed by atoms with Gasteiger partial charge in [0.1, 0.15) is 12.6 Å². The molecule has 15 heteroatoms. The van der Waals surface area contributed by atoms with Crippen LogP contribution in [0.25, 0.3) is 0 Å². The predicted molar refractivity (Wildman–Crippen MR) is 172 cm³/mol. The maximum Gasteiger partial charge on any atom is 0.305 e. The number of ether oxygens (including phenoxy) is 7. The number of nitrogens with one attached hydrogen (secondary N) is 2. The molecule has 1 fully saturated rings. The summed E-state index contributed by atoms with van der Waals surface area (Å²) in [6.45, 7) is 7.67. The summed E-state index contributed by atoms with van der Waals surface area (Å²) in [5.74, 6) is -2.35. The Bertz CT molecular complexity index is 1180. The van der Waals surface area contributed by atoms with Gasteiger partial charge in [0.15, 0.2) is 0 Å². The van der Waals surface area contributed by atoms with Crippen molar-refractivity contribution in [1.82, 2.24) is 10.2 Å². The molecule has 4 amide bonds. The lowest BCUT2D eigenvalue weighted by atomic mass is 10.0. The Morgan fingerprint density at radius 1 is 0.771 bits per heavy atom. The van der Waals surface area contributed by atoms with E-state index in [9.17, 15) is 24.0 Å². The molecule has 2 aliphatic heterocycles. The van der Waals surface area contributed by atoms with E-state index in [0.717, 1.165) is 24.2 Å². The highest BCUT2D eigenvalue weighted by molar-refractivity contribution is 6.25. The van der Waals surface area contributed by atoms with Crippen molar-refractivity contribution in [3.63, 3.8) is 0 Å². The zero-order valence-corrected chi connectivity index (χ0v) is 27.8. The van der Waals surface area contributed by atoms with E-state index in [4.69, 9.17) is 33.2 Å². The molecule has 2 aliphatic rings. The summed E-state index contributed by atoms with van der Waals surface area (Å²) >= 11 is 0. The molecule has 1 aromatic carbocycles. The van der Waals surface area contributed by atoms with Crippen LogP contribution in [0.15, 0.2) is 18.2 Å². The van der Waals surface area contributed by atoms with Crippen LogP contribution >= 0.6 is 0 Å². The van der Waals surface area contributed by atoms with Gasteiger partial charge < -0.3 is 38.5 Å². The zero-order chi connectivity index (χ0) is 34.4. The van der Waals surface area contributed by atoms with Gasteiger partial charge in [-0.1, -0.05) is 25.8 Å². The third kappa shape index (κ3) is 13.6. The molecule has 48 heavy (non-hydrogen) atoms. The fourth-order valence-electron chi connectivity index (χ4n) is 4.93. The van der Waals surface area contributed by atoms with Crippen LogP contribution in [0.5, 0.6) is 0 Å². The summed E-state index contributed by atoms with van der Waals surface area (Å²) in [5, 5.41) is 5.32. The highest BCUT2D eigenvalue weighted by Crippen LogP contribution is 2.32. The average Bonchev–Trinajstić information content (AvgIpc) is 3.33. The molecule has 2 N–H and O–H groups in total. The third-order valence-corrected chi connectivity index (χ3v) is 7.37. The van der Waals surface area contributed by atoms with Gasteiger partial charge in [-0.15, -0.1) is 0 Å². The van der Waals surface area contributed by atoms with Crippen LogP contribution in [0.4, 0.5) is 5.69 Å². The molecule has 1 atom stereocenters. The number of carbonyl (C=O) groups excluding carboxylic acids is 5. The van der Waals surface area contributed by atoms with Crippen molar-refractivity contribution in [2.45, 2.75) is 51.5 Å². The molecule has 0 aliphatic carbocycles. The van der Waals surface area contributed by atoms with E-state index in [1.54, 1.807) is 18.2 Å². The number of unbranched alkanes of at least 4 members (excludes halogenated alkanes) is 2. The molecule has 3 rings (SSSR count). The van der Waals surface area contributed by atoms with Crippen LogP contribution in [0.3, 0.4) is 0 Å². The number of anilines is 1. The maximum absolute atomic E-state index is 13.1. The molecule has 15 nitrogen and oxygen atoms in total. The number of piperidine rings is 1. The number of nitrogens with zero attached hydrogens (tertiary/aromatic N) is 1. The van der Waals surface area contributed by atoms with Gasteiger partial charge in [-0.25, -0.2) is 0 Å². The first-order valence-electron chi connectivity index (χ1n) is 16.6. The largest absolute Gasteiger partial charge is 0.463 e. The first-order valence-corrected chi connectivity index (χ1v) is 16.6. The number of hydrogen-bond acceptors (Lipinski definition) is 13. The molecular formula is C33H49N3O12. The number of imide groups is 2. The highest BCUT2D eigenvalue weighted by atomic mass is 16.6. The van der Waals surface area contributed by atoms with E-state index >= 15 is 0 Å². The van der Waals surface area contributed by atoms with Crippen LogP contribution < -0.4 is 10.6 Å². The minimum atomic E-state index is -1.01. The lowest BCUT2D eigenvalue weighted by molar-refractivity contribution is -0.145. The fraction of sp³-hybridized carbons (Fsp3) is 0.667. The Kier molecular flexibility index (Phi) is 18.7. The van der Waals surface area contributed by atoms with Gasteiger partial charge in [-0.3, -0.25) is 34.2 Å². The van der Waals surface area contributed by atoms with Crippen molar-refractivity contribution in [1.29, 1.82) is 0 Å². The quantitative estimate of drug-likeness (QED) is 0.0782. The van der Waals surface area contributed by atoms with Gasteiger partial charge in [0, 0.05) is 25.1 Å². The number of rotatable bonds is 27. The van der Waals surface area contributed by atoms with Gasteiger partial charge in [-0.2, -0.15) is 0 Å². The number of hydrogen-bond donors (Lipinski definition) is 2. The molecule has 2 heterocycles. The third-order valence-electron chi connectivity index (χ3n) is 7.37. The topological polar surface area (TPSA) is 177 Å². The predicted octanol–water partition coefficient (Wildman–Crippen LogP) is 1.72. The van der Waals surface area contributed by atoms with Crippen molar-refractivity contribution in [2.24, 2.45) is 0 Å². The van der Waals surface area contributed by atoms with E-state index in [2.05, 4.69) is 17.6 Å². The molecule has 1 aromatic rings. The standard InChI is InChI=1S/C33H49N3O12/c1-2-3-4-8-29(38)48-24-23-47-22-21-46-20-19-45-18-17-44-16-15-43-14-13-42-12-11-34-26-7-5-6-25-30(26)33(41)36(32(25)40)27-9-10-28(37)35-31(27)39/h5-7,27,34H,2-4,8-24H2,1H3,(H,35,37,39). The SMILES string of the molecule is CCCCCC(=O)OCCOCCOCCOCCOCCOCCOCCNc1cccc2c1C(=O)N(C1CCC(=O)NC1=O)C2=O. The Morgan fingerprint density at radius 3 is 1.90 bits per heavy atom. The molecule has 0 aromatic heterocycles. The zero-order valence-electron chi connectivity index (χ0n) is 27.8. The van der Waals surface area contributed by atoms with Crippen LogP contribution in [-0.4, -0.2) is 133 Å². The number of benzene rings is 1. The molecule has 268 valence electrons. The molecule has 0 spiro atoms. The Morgan fingerprint density at radius 2 is 1.33 bits per heavy atom. The smallest absolute Gasteiger partial charge is 0.305 e. The lowest BCUT2D eigenvalue weighted by Gasteiger charge is -2.27. The Labute approximate surface area is 281 Å². The molecule has 1 saturated heterocycles. The summed E-state index contributed by atoms with van der Waals surface area (Å²) in [7, 11) is 0. The summed E-state index contributed by atoms with van der Waals surface area (Å²) < 4.78 is 37.9. The fourth-order valence-corrected chi connectivity index (χ4v) is 4.93. The monoisotopic (exact) mass is 679 g/mol. The van der Waals surface area contributed by atoms with Crippen LogP contribution in [-0.2, 0) is 47.5 Å². The Hall–Kier alpha value is -3.47. The number of esters is 1. The summed E-state index contributed by atoms with van der Waals surface area (Å²) in [6.07, 6.45) is 3.60. The molecule has 0 saturated carbocycles. The van der Waals surface area contributed by atoms with Crippen LogP contribution in [0.1, 0.15) is 66.2 Å². The van der Waals surface area contributed by atoms with E-state index < -0.39 is 29.7 Å². The van der Waals surface area contributed by atoms with Gasteiger partial charge in [0.05, 0.1) is 90.4 Å². The lowest BCUT2D eigenvalue weighted by Crippen LogP contribution is -2.54. The number of amides is 4. The van der Waals surface area contributed by atoms with E-state index in [1.165, 1.54) is 0 Å². The Balaban J connectivity index is 1.09. The van der Waals surface area contributed by atoms with E-state index in [1.807, 2.05) is 0 Å². The summed E-state index contributed by atoms with van der Waals surface area (Å²) in [6, 6.07) is 3.90. The number of carbonyl (C=O) groups is 5. The van der Waals surface area contributed by atoms with Gasteiger partial charge >= 0.3 is 5.97 Å². The van der Waals surface area contributed by atoms with Gasteiger partial charge in [0.25, 0.3) is 11.8 Å². The first kappa shape index (κ1) is 39.0. The maximum atomic E-state index is 13.1. The molecule has 0 radical (unpaired) electrons. The summed E-state index contributed by atoms with van der Waals surface area (Å²) in [4.78, 5) is 62.2. The molecular weight excluding hydrogens is 630 g/mol. The van der Waals surface area contributed by atoms with Crippen molar-refractivity contribution < 1.29 is 57.1 Å². The second-order valence-electron chi connectivity index (χ2n) is 11.0. The van der Waals surface area contributed by atoms with Crippen molar-refractivity contribution in [3.05, 3.63) is 29.3 Å². The minimum absolute atomic E-state index is 0.0659. The number of fused-ring (bicyclic) bond motifs is 1. The average molecular weight is 680 g/mol. The van der Waals surface area contributed by atoms with Crippen molar-refractivity contribution in [2.75, 3.05) is 97.8 Å². The van der Waals surface area contributed by atoms with Crippen LogP contribution in [0, 0.1) is 0 Å². The minimum Gasteiger partial charge on any atom is -0.463 e. The molecule has 1 unspecified atom stereocenters. The van der Waals surface area contributed by atoms with Gasteiger partial charge in [-0.05, 0) is 25.0 Å². The van der Waals surface area contributed by atoms with Crippen molar-refractivity contribution >= 4 is 35.3 Å². The van der Waals surface area contributed by atoms with Gasteiger partial charge in [0.2, 0.25) is 11.8 Å². The second-order valence-corrected chi connectivity index (χ2v) is 11.0. The van der Waals surface area contributed by atoms with Crippen LogP contribution in [0.2, 0.25) is 0 Å². The molecule has 0 bridgehead atoms. The van der Waals surface area contributed by atoms with Crippen molar-refractivity contribution in [3.8, 4) is 0 Å².